The van der Waals surface area contributed by atoms with Crippen LogP contribution in [0.4, 0.5) is 4.39 Å². The molecule has 1 fully saturated rings. The number of halogens is 1. The van der Waals surface area contributed by atoms with Gasteiger partial charge in [-0.2, -0.15) is 0 Å². The zero-order valence-electron chi connectivity index (χ0n) is 14.0. The van der Waals surface area contributed by atoms with Gasteiger partial charge in [0.05, 0.1) is 10.5 Å². The summed E-state index contributed by atoms with van der Waals surface area (Å²) in [5, 5.41) is 2.78. The summed E-state index contributed by atoms with van der Waals surface area (Å²) in [6.45, 7) is 1.38. The lowest BCUT2D eigenvalue weighted by Crippen LogP contribution is -2.41. The molecule has 1 saturated carbocycles. The SMILES string of the molecule is CNS(=O)(=O)c1ccc(F)c(C(=O)OC(C)C(=O)NC2CCCC2)c1. The van der Waals surface area contributed by atoms with Crippen LogP contribution in [0.25, 0.3) is 0 Å². The van der Waals surface area contributed by atoms with Crippen LogP contribution in [0.2, 0.25) is 0 Å². The number of esters is 1. The highest BCUT2D eigenvalue weighted by atomic mass is 32.2. The predicted octanol–water partition coefficient (Wildman–Crippen LogP) is 1.34. The van der Waals surface area contributed by atoms with Crippen LogP contribution in [0, 0.1) is 5.82 Å². The largest absolute Gasteiger partial charge is 0.449 e. The molecule has 2 N–H and O–H groups in total. The van der Waals surface area contributed by atoms with Crippen molar-refractivity contribution in [2.75, 3.05) is 7.05 Å². The van der Waals surface area contributed by atoms with Crippen LogP contribution in [0.5, 0.6) is 0 Å². The zero-order chi connectivity index (χ0) is 18.6. The Bertz CT molecular complexity index is 760. The first-order valence-corrected chi connectivity index (χ1v) is 9.47. The summed E-state index contributed by atoms with van der Waals surface area (Å²) in [5.41, 5.74) is -0.545. The minimum Gasteiger partial charge on any atom is -0.449 e. The second-order valence-electron chi connectivity index (χ2n) is 5.89. The molecule has 25 heavy (non-hydrogen) atoms. The molecule has 7 nitrogen and oxygen atoms in total. The molecule has 1 aliphatic carbocycles. The van der Waals surface area contributed by atoms with Crippen molar-refractivity contribution in [2.45, 2.75) is 49.6 Å². The van der Waals surface area contributed by atoms with Crippen LogP contribution in [0.3, 0.4) is 0 Å². The molecule has 1 atom stereocenters. The van der Waals surface area contributed by atoms with E-state index in [-0.39, 0.29) is 10.9 Å². The van der Waals surface area contributed by atoms with E-state index >= 15 is 0 Å². The first-order valence-electron chi connectivity index (χ1n) is 7.99. The number of sulfonamides is 1. The number of nitrogens with one attached hydrogen (secondary N) is 2. The maximum Gasteiger partial charge on any atom is 0.341 e. The first-order chi connectivity index (χ1) is 11.7. The molecular formula is C16H21FN2O5S. The number of hydrogen-bond acceptors (Lipinski definition) is 5. The molecule has 1 aromatic carbocycles. The van der Waals surface area contributed by atoms with Crippen molar-refractivity contribution in [3.63, 3.8) is 0 Å². The molecule has 0 saturated heterocycles. The maximum atomic E-state index is 13.9. The van der Waals surface area contributed by atoms with Gasteiger partial charge in [-0.25, -0.2) is 22.3 Å². The van der Waals surface area contributed by atoms with E-state index in [0.717, 1.165) is 43.9 Å². The number of carbonyl (C=O) groups is 2. The molecule has 138 valence electrons. The maximum absolute atomic E-state index is 13.9. The second kappa shape index (κ2) is 7.92. The summed E-state index contributed by atoms with van der Waals surface area (Å²) in [4.78, 5) is 23.9. The van der Waals surface area contributed by atoms with Gasteiger partial charge in [-0.3, -0.25) is 4.79 Å². The predicted molar refractivity (Wildman–Crippen MR) is 87.9 cm³/mol. The molecule has 9 heteroatoms. The van der Waals surface area contributed by atoms with E-state index in [1.165, 1.54) is 14.0 Å². The van der Waals surface area contributed by atoms with Gasteiger partial charge in [0.25, 0.3) is 5.91 Å². The Morgan fingerprint density at radius 2 is 1.92 bits per heavy atom. The van der Waals surface area contributed by atoms with Gasteiger partial charge in [-0.1, -0.05) is 12.8 Å². The van der Waals surface area contributed by atoms with Crippen molar-refractivity contribution in [1.29, 1.82) is 0 Å². The Morgan fingerprint density at radius 1 is 1.28 bits per heavy atom. The Morgan fingerprint density at radius 3 is 2.52 bits per heavy atom. The average Bonchev–Trinajstić information content (AvgIpc) is 3.07. The van der Waals surface area contributed by atoms with Gasteiger partial charge in [0.1, 0.15) is 5.82 Å². The number of hydrogen-bond donors (Lipinski definition) is 2. The number of benzene rings is 1. The Labute approximate surface area is 146 Å². The van der Waals surface area contributed by atoms with Crippen LogP contribution in [-0.4, -0.2) is 39.5 Å². The molecule has 1 unspecified atom stereocenters. The van der Waals surface area contributed by atoms with E-state index in [1.54, 1.807) is 0 Å². The van der Waals surface area contributed by atoms with Crippen molar-refractivity contribution in [1.82, 2.24) is 10.0 Å². The van der Waals surface area contributed by atoms with Gasteiger partial charge in [-0.05, 0) is 45.0 Å². The number of rotatable bonds is 6. The van der Waals surface area contributed by atoms with E-state index in [2.05, 4.69) is 10.0 Å². The minimum absolute atomic E-state index is 0.0643. The Kier molecular flexibility index (Phi) is 6.12. The highest BCUT2D eigenvalue weighted by molar-refractivity contribution is 7.89. The standard InChI is InChI=1S/C16H21FN2O5S/c1-10(15(20)19-11-5-3-4-6-11)24-16(21)13-9-12(7-8-14(13)17)25(22,23)18-2/h7-11,18H,3-6H2,1-2H3,(H,19,20). The van der Waals surface area contributed by atoms with Crippen molar-refractivity contribution >= 4 is 21.9 Å². The number of ether oxygens (including phenoxy) is 1. The fourth-order valence-corrected chi connectivity index (χ4v) is 3.37. The van der Waals surface area contributed by atoms with E-state index in [9.17, 15) is 22.4 Å². The van der Waals surface area contributed by atoms with Gasteiger partial charge in [0, 0.05) is 6.04 Å². The van der Waals surface area contributed by atoms with E-state index < -0.39 is 39.4 Å². The van der Waals surface area contributed by atoms with Gasteiger partial charge in [0.15, 0.2) is 6.10 Å². The van der Waals surface area contributed by atoms with Crippen LogP contribution >= 0.6 is 0 Å². The molecule has 1 aliphatic rings. The van der Waals surface area contributed by atoms with Crippen molar-refractivity contribution < 1.29 is 27.1 Å². The Balaban J connectivity index is 2.09. The van der Waals surface area contributed by atoms with E-state index in [0.29, 0.717) is 0 Å². The molecule has 0 radical (unpaired) electrons. The summed E-state index contributed by atoms with van der Waals surface area (Å²) in [6.07, 6.45) is 2.72. The fourth-order valence-electron chi connectivity index (χ4n) is 2.61. The van der Waals surface area contributed by atoms with Gasteiger partial charge in [-0.15, -0.1) is 0 Å². The zero-order valence-corrected chi connectivity index (χ0v) is 14.9. The topological polar surface area (TPSA) is 102 Å². The van der Waals surface area contributed by atoms with E-state index in [1.807, 2.05) is 0 Å². The lowest BCUT2D eigenvalue weighted by Gasteiger charge is -2.17. The quantitative estimate of drug-likeness (QED) is 0.734. The molecule has 1 amide bonds. The van der Waals surface area contributed by atoms with Crippen LogP contribution in [-0.2, 0) is 19.6 Å². The van der Waals surface area contributed by atoms with Crippen molar-refractivity contribution in [3.8, 4) is 0 Å². The molecule has 0 aliphatic heterocycles. The molecule has 0 bridgehead atoms. The van der Waals surface area contributed by atoms with Crippen molar-refractivity contribution in [2.24, 2.45) is 0 Å². The molecule has 0 spiro atoms. The van der Waals surface area contributed by atoms with Crippen LogP contribution in [0.15, 0.2) is 23.1 Å². The van der Waals surface area contributed by atoms with Gasteiger partial charge in [0.2, 0.25) is 10.0 Å². The third kappa shape index (κ3) is 4.76. The summed E-state index contributed by atoms with van der Waals surface area (Å²) >= 11 is 0. The average molecular weight is 372 g/mol. The smallest absolute Gasteiger partial charge is 0.341 e. The normalized spacial score (nSPS) is 16.4. The monoisotopic (exact) mass is 372 g/mol. The lowest BCUT2D eigenvalue weighted by atomic mass is 10.2. The van der Waals surface area contributed by atoms with Crippen molar-refractivity contribution in [3.05, 3.63) is 29.6 Å². The molecule has 0 aromatic heterocycles. The summed E-state index contributed by atoms with van der Waals surface area (Å²) in [5.74, 6) is -2.48. The van der Waals surface area contributed by atoms with Crippen LogP contribution < -0.4 is 10.0 Å². The minimum atomic E-state index is -3.84. The van der Waals surface area contributed by atoms with Gasteiger partial charge >= 0.3 is 5.97 Å². The van der Waals surface area contributed by atoms with Gasteiger partial charge < -0.3 is 10.1 Å². The summed E-state index contributed by atoms with van der Waals surface area (Å²) in [7, 11) is -2.63. The number of carbonyl (C=O) groups excluding carboxylic acids is 2. The Hall–Kier alpha value is -2.00. The highest BCUT2D eigenvalue weighted by Crippen LogP contribution is 2.19. The summed E-state index contributed by atoms with van der Waals surface area (Å²) < 4.78 is 44.5. The molecular weight excluding hydrogens is 351 g/mol. The first kappa shape index (κ1) is 19.3. The molecule has 0 heterocycles. The molecule has 2 rings (SSSR count). The second-order valence-corrected chi connectivity index (χ2v) is 7.77. The third-order valence-electron chi connectivity index (χ3n) is 4.09. The third-order valence-corrected chi connectivity index (χ3v) is 5.50. The van der Waals surface area contributed by atoms with E-state index in [4.69, 9.17) is 4.74 Å². The van der Waals surface area contributed by atoms with Crippen LogP contribution in [0.1, 0.15) is 43.0 Å². The molecule has 1 aromatic rings. The fraction of sp³-hybridized carbons (Fsp3) is 0.500. The number of amides is 1. The highest BCUT2D eigenvalue weighted by Gasteiger charge is 2.25. The summed E-state index contributed by atoms with van der Waals surface area (Å²) in [6, 6.07) is 2.85. The lowest BCUT2D eigenvalue weighted by molar-refractivity contribution is -0.129.